The molecule has 1 aliphatic carbocycles. The Morgan fingerprint density at radius 1 is 1.25 bits per heavy atom. The van der Waals surface area contributed by atoms with Gasteiger partial charge in [-0.3, -0.25) is 0 Å². The highest BCUT2D eigenvalue weighted by molar-refractivity contribution is 7.92. The van der Waals surface area contributed by atoms with E-state index in [2.05, 4.69) is 10.1 Å². The number of aromatic nitrogens is 3. The quantitative estimate of drug-likeness (QED) is 0.789. The van der Waals surface area contributed by atoms with Crippen molar-refractivity contribution in [1.29, 1.82) is 0 Å². The molecule has 0 bridgehead atoms. The van der Waals surface area contributed by atoms with Crippen molar-refractivity contribution in [2.24, 2.45) is 0 Å². The minimum absolute atomic E-state index is 0.143. The van der Waals surface area contributed by atoms with Crippen LogP contribution in [-0.2, 0) is 9.84 Å². The van der Waals surface area contributed by atoms with Crippen LogP contribution in [-0.4, -0.2) is 34.4 Å². The van der Waals surface area contributed by atoms with Crippen LogP contribution in [0.1, 0.15) is 36.4 Å². The first-order chi connectivity index (χ1) is 11.2. The third-order valence-electron chi connectivity index (χ3n) is 4.31. The van der Waals surface area contributed by atoms with Crippen molar-refractivity contribution in [2.75, 3.05) is 0 Å². The molecule has 2 aliphatic rings. The van der Waals surface area contributed by atoms with Crippen molar-refractivity contribution in [2.45, 2.75) is 41.4 Å². The first kappa shape index (κ1) is 15.6. The largest absolute Gasteiger partial charge is 0.267 e. The summed E-state index contributed by atoms with van der Waals surface area (Å²) in [6, 6.07) is 4.79. The summed E-state index contributed by atoms with van der Waals surface area (Å²) in [6.45, 7) is 0. The molecular formula is C14H11F4N3O2S. The Bertz CT molecular complexity index is 928. The van der Waals surface area contributed by atoms with E-state index in [1.54, 1.807) is 6.07 Å². The molecule has 0 N–H and O–H groups in total. The summed E-state index contributed by atoms with van der Waals surface area (Å²) in [5, 5.41) is 1.01. The highest BCUT2D eigenvalue weighted by Crippen LogP contribution is 2.49. The second-order valence-electron chi connectivity index (χ2n) is 5.94. The average molecular weight is 361 g/mol. The SMILES string of the molecule is O=S(=O)(c1nc2n(n1)[C@H](c1ccccc1F)C[C@@H]2F)[C@@H]1CC1(F)F. The lowest BCUT2D eigenvalue weighted by Crippen LogP contribution is -2.17. The monoisotopic (exact) mass is 361 g/mol. The Labute approximate surface area is 134 Å². The van der Waals surface area contributed by atoms with Gasteiger partial charge < -0.3 is 0 Å². The maximum Gasteiger partial charge on any atom is 0.267 e. The highest BCUT2D eigenvalue weighted by atomic mass is 32.2. The summed E-state index contributed by atoms with van der Waals surface area (Å²) < 4.78 is 79.5. The van der Waals surface area contributed by atoms with E-state index in [0.717, 1.165) is 4.68 Å². The summed E-state index contributed by atoms with van der Waals surface area (Å²) in [6.07, 6.45) is -2.59. The van der Waals surface area contributed by atoms with E-state index in [9.17, 15) is 26.0 Å². The fourth-order valence-electron chi connectivity index (χ4n) is 2.94. The first-order valence-corrected chi connectivity index (χ1v) is 8.73. The molecule has 0 unspecified atom stereocenters. The Kier molecular flexibility index (Phi) is 3.09. The second kappa shape index (κ2) is 4.78. The second-order valence-corrected chi connectivity index (χ2v) is 7.96. The normalized spacial score (nSPS) is 27.9. The molecule has 0 amide bonds. The van der Waals surface area contributed by atoms with Crippen LogP contribution in [0.15, 0.2) is 29.4 Å². The molecule has 2 aromatic rings. The molecular weight excluding hydrogens is 350 g/mol. The van der Waals surface area contributed by atoms with Gasteiger partial charge in [0, 0.05) is 18.4 Å². The molecule has 1 aromatic heterocycles. The van der Waals surface area contributed by atoms with E-state index in [-0.39, 0.29) is 17.8 Å². The number of sulfone groups is 1. The van der Waals surface area contributed by atoms with Gasteiger partial charge in [-0.15, -0.1) is 5.10 Å². The topological polar surface area (TPSA) is 64.8 Å². The highest BCUT2D eigenvalue weighted by Gasteiger charge is 2.66. The van der Waals surface area contributed by atoms with Crippen molar-refractivity contribution in [1.82, 2.24) is 14.8 Å². The average Bonchev–Trinajstić information content (AvgIpc) is 2.87. The van der Waals surface area contributed by atoms with Crippen molar-refractivity contribution >= 4 is 9.84 Å². The smallest absolute Gasteiger partial charge is 0.239 e. The van der Waals surface area contributed by atoms with Crippen molar-refractivity contribution in [3.8, 4) is 0 Å². The molecule has 0 saturated heterocycles. The van der Waals surface area contributed by atoms with Gasteiger partial charge in [-0.25, -0.2) is 30.7 Å². The zero-order valence-electron chi connectivity index (χ0n) is 12.0. The standard InChI is InChI=1S/C14H11F4N3O2S/c15-8-4-2-1-3-7(8)10-5-9(16)12-19-13(20-21(10)12)24(22,23)11-6-14(11,17)18/h1-4,9-11H,5-6H2/t9-,10-,11+/m0/s1. The third-order valence-corrected chi connectivity index (χ3v) is 6.25. The van der Waals surface area contributed by atoms with Gasteiger partial charge in [0.25, 0.3) is 11.1 Å². The summed E-state index contributed by atoms with van der Waals surface area (Å²) >= 11 is 0. The summed E-state index contributed by atoms with van der Waals surface area (Å²) in [4.78, 5) is 3.61. The van der Waals surface area contributed by atoms with Crippen LogP contribution in [0, 0.1) is 5.82 Å². The van der Waals surface area contributed by atoms with E-state index in [0.29, 0.717) is 0 Å². The van der Waals surface area contributed by atoms with Crippen LogP contribution in [0.3, 0.4) is 0 Å². The molecule has 1 saturated carbocycles. The van der Waals surface area contributed by atoms with Crippen molar-refractivity contribution < 1.29 is 26.0 Å². The predicted molar refractivity (Wildman–Crippen MR) is 73.6 cm³/mol. The number of rotatable bonds is 3. The van der Waals surface area contributed by atoms with Gasteiger partial charge >= 0.3 is 0 Å². The molecule has 1 aliphatic heterocycles. The minimum Gasteiger partial charge on any atom is -0.239 e. The summed E-state index contributed by atoms with van der Waals surface area (Å²) in [7, 11) is -4.44. The van der Waals surface area contributed by atoms with Crippen molar-refractivity contribution in [3.05, 3.63) is 41.5 Å². The molecule has 3 atom stereocenters. The van der Waals surface area contributed by atoms with Crippen LogP contribution in [0.4, 0.5) is 17.6 Å². The van der Waals surface area contributed by atoms with Crippen LogP contribution < -0.4 is 0 Å². The van der Waals surface area contributed by atoms with Gasteiger partial charge in [0.05, 0.1) is 6.04 Å². The number of hydrogen-bond acceptors (Lipinski definition) is 4. The molecule has 2 heterocycles. The number of alkyl halides is 3. The van der Waals surface area contributed by atoms with Gasteiger partial charge in [0.15, 0.2) is 12.0 Å². The molecule has 1 aromatic carbocycles. The van der Waals surface area contributed by atoms with Crippen LogP contribution in [0.5, 0.6) is 0 Å². The third kappa shape index (κ3) is 2.15. The predicted octanol–water partition coefficient (Wildman–Crippen LogP) is 2.60. The molecule has 10 heteroatoms. The zero-order chi connectivity index (χ0) is 17.3. The number of halogens is 4. The lowest BCUT2D eigenvalue weighted by molar-refractivity contribution is 0.121. The molecule has 128 valence electrons. The number of nitrogens with zero attached hydrogens (tertiary/aromatic N) is 3. The van der Waals surface area contributed by atoms with Crippen molar-refractivity contribution in [3.63, 3.8) is 0 Å². The van der Waals surface area contributed by atoms with E-state index in [1.807, 2.05) is 0 Å². The molecule has 0 spiro atoms. The minimum atomic E-state index is -4.44. The van der Waals surface area contributed by atoms with E-state index < -0.39 is 50.6 Å². The van der Waals surface area contributed by atoms with E-state index in [1.165, 1.54) is 18.2 Å². The van der Waals surface area contributed by atoms with Crippen LogP contribution >= 0.6 is 0 Å². The number of fused-ring (bicyclic) bond motifs is 1. The van der Waals surface area contributed by atoms with Gasteiger partial charge in [-0.2, -0.15) is 4.98 Å². The molecule has 5 nitrogen and oxygen atoms in total. The van der Waals surface area contributed by atoms with Gasteiger partial charge in [-0.1, -0.05) is 18.2 Å². The van der Waals surface area contributed by atoms with E-state index >= 15 is 0 Å². The number of hydrogen-bond donors (Lipinski definition) is 0. The maximum absolute atomic E-state index is 14.2. The lowest BCUT2D eigenvalue weighted by Gasteiger charge is -2.12. The molecule has 1 fully saturated rings. The first-order valence-electron chi connectivity index (χ1n) is 7.18. The summed E-state index contributed by atoms with van der Waals surface area (Å²) in [5.41, 5.74) is 0.143. The molecule has 4 rings (SSSR count). The van der Waals surface area contributed by atoms with Gasteiger partial charge in [0.1, 0.15) is 11.1 Å². The zero-order valence-corrected chi connectivity index (χ0v) is 12.9. The fraction of sp³-hybridized carbons (Fsp3) is 0.429. The Morgan fingerprint density at radius 3 is 2.54 bits per heavy atom. The molecule has 24 heavy (non-hydrogen) atoms. The Hall–Kier alpha value is -1.97. The summed E-state index contributed by atoms with van der Waals surface area (Å²) in [5.74, 6) is -4.18. The van der Waals surface area contributed by atoms with Gasteiger partial charge in [-0.05, 0) is 6.07 Å². The lowest BCUT2D eigenvalue weighted by atomic mass is 10.0. The van der Waals surface area contributed by atoms with Crippen LogP contribution in [0.25, 0.3) is 0 Å². The van der Waals surface area contributed by atoms with E-state index in [4.69, 9.17) is 0 Å². The Balaban J connectivity index is 1.76. The van der Waals surface area contributed by atoms with Crippen LogP contribution in [0.2, 0.25) is 0 Å². The molecule has 0 radical (unpaired) electrons. The number of benzene rings is 1. The van der Waals surface area contributed by atoms with Gasteiger partial charge in [0.2, 0.25) is 9.84 Å². The maximum atomic E-state index is 14.2. The fourth-order valence-corrected chi connectivity index (χ4v) is 4.51. The Morgan fingerprint density at radius 2 is 1.92 bits per heavy atom.